The molecule has 76 valence electrons. The summed E-state index contributed by atoms with van der Waals surface area (Å²) in [5.74, 6) is 0. The number of nitrogens with two attached hydrogens (primary N) is 1. The average molecular weight is 211 g/mol. The van der Waals surface area contributed by atoms with Crippen molar-refractivity contribution < 1.29 is 0 Å². The maximum absolute atomic E-state index is 6.16. The van der Waals surface area contributed by atoms with Gasteiger partial charge in [0, 0.05) is 0 Å². The van der Waals surface area contributed by atoms with Gasteiger partial charge in [-0.15, -0.1) is 10.2 Å². The number of hydrogen-bond donors (Lipinski definition) is 1. The van der Waals surface area contributed by atoms with Crippen LogP contribution in [0.3, 0.4) is 0 Å². The van der Waals surface area contributed by atoms with Crippen LogP contribution < -0.4 is 5.73 Å². The molecule has 2 aromatic heterocycles. The molecule has 0 fully saturated rings. The van der Waals surface area contributed by atoms with Gasteiger partial charge in [-0.25, -0.2) is 0 Å². The van der Waals surface area contributed by atoms with Gasteiger partial charge in [0.2, 0.25) is 4.96 Å². The van der Waals surface area contributed by atoms with Gasteiger partial charge in [0.05, 0.1) is 5.54 Å². The third-order valence-corrected chi connectivity index (χ3v) is 3.34. The molecular formula is C8H13N5S. The van der Waals surface area contributed by atoms with E-state index in [1.54, 1.807) is 10.8 Å². The average Bonchev–Trinajstić information content (AvgIpc) is 2.60. The van der Waals surface area contributed by atoms with Gasteiger partial charge in [-0.3, -0.25) is 0 Å². The summed E-state index contributed by atoms with van der Waals surface area (Å²) in [6, 6.07) is 0. The topological polar surface area (TPSA) is 69.1 Å². The lowest BCUT2D eigenvalue weighted by Gasteiger charge is -2.19. The van der Waals surface area contributed by atoms with E-state index in [1.165, 1.54) is 11.3 Å². The minimum atomic E-state index is -0.347. The van der Waals surface area contributed by atoms with E-state index in [-0.39, 0.29) is 5.54 Å². The van der Waals surface area contributed by atoms with Crippen molar-refractivity contribution in [2.45, 2.75) is 32.2 Å². The fourth-order valence-electron chi connectivity index (χ4n) is 1.42. The number of aromatic nitrogens is 4. The smallest absolute Gasteiger partial charge is 0.234 e. The van der Waals surface area contributed by atoms with E-state index in [1.807, 2.05) is 6.92 Å². The van der Waals surface area contributed by atoms with E-state index >= 15 is 0 Å². The van der Waals surface area contributed by atoms with Crippen molar-refractivity contribution in [3.63, 3.8) is 0 Å². The summed E-state index contributed by atoms with van der Waals surface area (Å²) in [5.41, 5.74) is 5.81. The fraction of sp³-hybridized carbons (Fsp3) is 0.625. The molecular weight excluding hydrogens is 198 g/mol. The Morgan fingerprint density at radius 1 is 1.64 bits per heavy atom. The minimum Gasteiger partial charge on any atom is -0.320 e. The molecule has 6 heteroatoms. The molecule has 0 aromatic carbocycles. The zero-order valence-corrected chi connectivity index (χ0v) is 9.08. The highest BCUT2D eigenvalue weighted by Crippen LogP contribution is 2.26. The molecule has 0 bridgehead atoms. The van der Waals surface area contributed by atoms with Crippen molar-refractivity contribution in [3.05, 3.63) is 11.3 Å². The zero-order chi connectivity index (χ0) is 10.2. The molecule has 14 heavy (non-hydrogen) atoms. The minimum absolute atomic E-state index is 0.347. The molecule has 2 N–H and O–H groups in total. The Balaban J connectivity index is 2.38. The van der Waals surface area contributed by atoms with Crippen LogP contribution in [0.25, 0.3) is 4.96 Å². The molecule has 1 atom stereocenters. The fourth-order valence-corrected chi connectivity index (χ4v) is 2.32. The Morgan fingerprint density at radius 2 is 2.43 bits per heavy atom. The second kappa shape index (κ2) is 3.29. The first kappa shape index (κ1) is 9.54. The lowest BCUT2D eigenvalue weighted by Crippen LogP contribution is -2.32. The molecule has 0 aliphatic rings. The van der Waals surface area contributed by atoms with Gasteiger partial charge in [-0.05, 0) is 13.3 Å². The zero-order valence-electron chi connectivity index (χ0n) is 8.27. The van der Waals surface area contributed by atoms with Crippen LogP contribution >= 0.6 is 11.3 Å². The summed E-state index contributed by atoms with van der Waals surface area (Å²) in [4.78, 5) is 0.799. The van der Waals surface area contributed by atoms with E-state index in [4.69, 9.17) is 5.73 Å². The third-order valence-electron chi connectivity index (χ3n) is 2.14. The van der Waals surface area contributed by atoms with Crippen LogP contribution in [0.1, 0.15) is 31.7 Å². The Bertz CT molecular complexity index is 401. The maximum Gasteiger partial charge on any atom is 0.234 e. The van der Waals surface area contributed by atoms with Gasteiger partial charge in [-0.1, -0.05) is 24.7 Å². The second-order valence-electron chi connectivity index (χ2n) is 3.63. The SMILES string of the molecule is CCCC(C)(N)c1nn2cnnc2s1. The number of rotatable bonds is 3. The van der Waals surface area contributed by atoms with E-state index in [9.17, 15) is 0 Å². The normalized spacial score (nSPS) is 15.9. The second-order valence-corrected chi connectivity index (χ2v) is 4.59. The van der Waals surface area contributed by atoms with Crippen molar-refractivity contribution >= 4 is 16.3 Å². The molecule has 1 unspecified atom stereocenters. The van der Waals surface area contributed by atoms with Crippen molar-refractivity contribution in [1.29, 1.82) is 0 Å². The highest BCUT2D eigenvalue weighted by atomic mass is 32.1. The number of fused-ring (bicyclic) bond motifs is 1. The first-order chi connectivity index (χ1) is 6.63. The van der Waals surface area contributed by atoms with Crippen LogP contribution in [-0.2, 0) is 5.54 Å². The van der Waals surface area contributed by atoms with Crippen molar-refractivity contribution in [2.24, 2.45) is 5.73 Å². The predicted octanol–water partition coefficient (Wildman–Crippen LogP) is 1.16. The van der Waals surface area contributed by atoms with Gasteiger partial charge in [0.15, 0.2) is 0 Å². The summed E-state index contributed by atoms with van der Waals surface area (Å²) in [5, 5.41) is 12.9. The highest BCUT2D eigenvalue weighted by Gasteiger charge is 2.25. The molecule has 0 amide bonds. The van der Waals surface area contributed by atoms with E-state index in [0.29, 0.717) is 0 Å². The highest BCUT2D eigenvalue weighted by molar-refractivity contribution is 7.16. The Kier molecular flexibility index (Phi) is 2.24. The van der Waals surface area contributed by atoms with E-state index < -0.39 is 0 Å². The van der Waals surface area contributed by atoms with Gasteiger partial charge < -0.3 is 5.73 Å². The molecule has 0 saturated carbocycles. The Labute approximate surface area is 86.0 Å². The molecule has 5 nitrogen and oxygen atoms in total. The van der Waals surface area contributed by atoms with E-state index in [0.717, 1.165) is 22.8 Å². The summed E-state index contributed by atoms with van der Waals surface area (Å²) in [6.07, 6.45) is 3.57. The summed E-state index contributed by atoms with van der Waals surface area (Å²) in [7, 11) is 0. The maximum atomic E-state index is 6.16. The first-order valence-corrected chi connectivity index (χ1v) is 5.41. The summed E-state index contributed by atoms with van der Waals surface area (Å²) < 4.78 is 1.67. The monoisotopic (exact) mass is 211 g/mol. The van der Waals surface area contributed by atoms with Crippen LogP contribution in [0.15, 0.2) is 6.33 Å². The largest absolute Gasteiger partial charge is 0.320 e. The van der Waals surface area contributed by atoms with Gasteiger partial charge >= 0.3 is 0 Å². The van der Waals surface area contributed by atoms with Crippen molar-refractivity contribution in [1.82, 2.24) is 19.8 Å². The van der Waals surface area contributed by atoms with Gasteiger partial charge in [-0.2, -0.15) is 9.61 Å². The molecule has 2 heterocycles. The van der Waals surface area contributed by atoms with Gasteiger partial charge in [0.1, 0.15) is 11.3 Å². The van der Waals surface area contributed by atoms with Crippen LogP contribution in [0.5, 0.6) is 0 Å². The van der Waals surface area contributed by atoms with E-state index in [2.05, 4.69) is 22.2 Å². The third kappa shape index (κ3) is 1.51. The molecule has 0 spiro atoms. The Hall–Kier alpha value is -1.01. The first-order valence-electron chi connectivity index (χ1n) is 4.59. The van der Waals surface area contributed by atoms with Crippen LogP contribution in [0.2, 0.25) is 0 Å². The lowest BCUT2D eigenvalue weighted by molar-refractivity contribution is 0.439. The van der Waals surface area contributed by atoms with Crippen molar-refractivity contribution in [3.8, 4) is 0 Å². The molecule has 0 radical (unpaired) electrons. The lowest BCUT2D eigenvalue weighted by atomic mass is 9.99. The summed E-state index contributed by atoms with van der Waals surface area (Å²) >= 11 is 1.50. The Morgan fingerprint density at radius 3 is 3.07 bits per heavy atom. The predicted molar refractivity (Wildman–Crippen MR) is 55.1 cm³/mol. The standard InChI is InChI=1S/C8H13N5S/c1-3-4-8(2,9)6-12-13-5-10-11-7(13)14-6/h5H,3-4,9H2,1-2H3. The molecule has 0 aliphatic heterocycles. The van der Waals surface area contributed by atoms with Gasteiger partial charge in [0.25, 0.3) is 0 Å². The number of nitrogens with zero attached hydrogens (tertiary/aromatic N) is 4. The molecule has 0 saturated heterocycles. The molecule has 2 rings (SSSR count). The molecule has 0 aliphatic carbocycles. The van der Waals surface area contributed by atoms with Crippen LogP contribution in [0.4, 0.5) is 0 Å². The van der Waals surface area contributed by atoms with Crippen LogP contribution in [0, 0.1) is 0 Å². The quantitative estimate of drug-likeness (QED) is 0.827. The molecule has 2 aromatic rings. The summed E-state index contributed by atoms with van der Waals surface area (Å²) in [6.45, 7) is 4.12. The number of hydrogen-bond acceptors (Lipinski definition) is 5. The van der Waals surface area contributed by atoms with Crippen molar-refractivity contribution in [2.75, 3.05) is 0 Å². The van der Waals surface area contributed by atoms with Crippen LogP contribution in [-0.4, -0.2) is 19.8 Å².